The molecule has 24 heavy (non-hydrogen) atoms. The summed E-state index contributed by atoms with van der Waals surface area (Å²) in [7, 11) is -3.54. The van der Waals surface area contributed by atoms with Crippen molar-refractivity contribution >= 4 is 10.0 Å². The number of rotatable bonds is 7. The molecule has 5 heteroatoms. The summed E-state index contributed by atoms with van der Waals surface area (Å²) in [6, 6.07) is 13.1. The zero-order valence-corrected chi connectivity index (χ0v) is 15.5. The highest BCUT2D eigenvalue weighted by molar-refractivity contribution is 7.89. The first-order valence-electron chi connectivity index (χ1n) is 8.05. The molecule has 0 unspecified atom stereocenters. The van der Waals surface area contributed by atoms with Crippen molar-refractivity contribution in [3.8, 4) is 0 Å². The number of ether oxygens (including phenoxy) is 1. The highest BCUT2D eigenvalue weighted by Crippen LogP contribution is 2.18. The number of nitrogens with one attached hydrogen (secondary N) is 1. The molecule has 0 saturated heterocycles. The minimum atomic E-state index is -3.54. The highest BCUT2D eigenvalue weighted by atomic mass is 32.2. The molecule has 0 aliphatic heterocycles. The van der Waals surface area contributed by atoms with E-state index in [1.54, 1.807) is 6.07 Å². The van der Waals surface area contributed by atoms with E-state index in [1.807, 2.05) is 64.1 Å². The van der Waals surface area contributed by atoms with Crippen molar-refractivity contribution in [1.29, 1.82) is 0 Å². The summed E-state index contributed by atoms with van der Waals surface area (Å²) in [6.07, 6.45) is 0.130. The van der Waals surface area contributed by atoms with Crippen molar-refractivity contribution in [3.05, 3.63) is 64.7 Å². The summed E-state index contributed by atoms with van der Waals surface area (Å²) >= 11 is 0. The highest BCUT2D eigenvalue weighted by Gasteiger charge is 2.17. The average Bonchev–Trinajstić information content (AvgIpc) is 2.51. The predicted molar refractivity (Wildman–Crippen MR) is 96.3 cm³/mol. The van der Waals surface area contributed by atoms with Crippen molar-refractivity contribution in [2.45, 2.75) is 51.8 Å². The molecule has 2 rings (SSSR count). The van der Waals surface area contributed by atoms with Gasteiger partial charge in [0.2, 0.25) is 10.0 Å². The first-order chi connectivity index (χ1) is 11.3. The standard InChI is InChI=1S/C19H25NO3S/c1-14(2)23-13-18-8-6-5-7-17(18)12-20-24(21,22)19-10-9-15(3)11-16(19)4/h5-11,14,20H,12-13H2,1-4H3. The van der Waals surface area contributed by atoms with Gasteiger partial charge in [-0.15, -0.1) is 0 Å². The Bertz CT molecular complexity index is 798. The van der Waals surface area contributed by atoms with Crippen LogP contribution < -0.4 is 4.72 Å². The molecule has 0 aromatic heterocycles. The van der Waals surface area contributed by atoms with E-state index in [0.717, 1.165) is 22.3 Å². The molecule has 2 aromatic rings. The van der Waals surface area contributed by atoms with Crippen molar-refractivity contribution in [1.82, 2.24) is 4.72 Å². The summed E-state index contributed by atoms with van der Waals surface area (Å²) in [6.45, 7) is 8.43. The van der Waals surface area contributed by atoms with Gasteiger partial charge >= 0.3 is 0 Å². The molecule has 130 valence electrons. The van der Waals surface area contributed by atoms with Gasteiger partial charge in [0, 0.05) is 6.54 Å². The van der Waals surface area contributed by atoms with Crippen molar-refractivity contribution in [2.75, 3.05) is 0 Å². The van der Waals surface area contributed by atoms with Crippen LogP contribution in [0.5, 0.6) is 0 Å². The Labute approximate surface area is 144 Å². The predicted octanol–water partition coefficient (Wildman–Crippen LogP) is 3.71. The zero-order valence-electron chi connectivity index (χ0n) is 14.7. The quantitative estimate of drug-likeness (QED) is 0.831. The van der Waals surface area contributed by atoms with Crippen LogP contribution in [0.1, 0.15) is 36.1 Å². The third-order valence-electron chi connectivity index (χ3n) is 3.76. The van der Waals surface area contributed by atoms with Gasteiger partial charge in [0.05, 0.1) is 17.6 Å². The van der Waals surface area contributed by atoms with Crippen molar-refractivity contribution in [3.63, 3.8) is 0 Å². The number of hydrogen-bond acceptors (Lipinski definition) is 3. The van der Waals surface area contributed by atoms with Crippen molar-refractivity contribution < 1.29 is 13.2 Å². The topological polar surface area (TPSA) is 55.4 Å². The van der Waals surface area contributed by atoms with Gasteiger partial charge in [-0.1, -0.05) is 42.0 Å². The molecule has 1 N–H and O–H groups in total. The Balaban J connectivity index is 2.15. The maximum Gasteiger partial charge on any atom is 0.241 e. The van der Waals surface area contributed by atoms with Gasteiger partial charge in [0.25, 0.3) is 0 Å². The number of aryl methyl sites for hydroxylation is 2. The van der Waals surface area contributed by atoms with Crippen LogP contribution in [-0.4, -0.2) is 14.5 Å². The smallest absolute Gasteiger partial charge is 0.241 e. The van der Waals surface area contributed by atoms with Crippen molar-refractivity contribution in [2.24, 2.45) is 0 Å². The molecular formula is C19H25NO3S. The summed E-state index contributed by atoms with van der Waals surface area (Å²) < 4.78 is 33.5. The van der Waals surface area contributed by atoms with Crippen LogP contribution in [0, 0.1) is 13.8 Å². The van der Waals surface area contributed by atoms with E-state index in [2.05, 4.69) is 4.72 Å². The SMILES string of the molecule is Cc1ccc(S(=O)(=O)NCc2ccccc2COC(C)C)c(C)c1. The van der Waals surface area contributed by atoms with Crippen LogP contribution in [0.2, 0.25) is 0 Å². The summed E-state index contributed by atoms with van der Waals surface area (Å²) in [5, 5.41) is 0. The van der Waals surface area contributed by atoms with Gasteiger partial charge in [0.1, 0.15) is 0 Å². The largest absolute Gasteiger partial charge is 0.374 e. The molecule has 0 radical (unpaired) electrons. The van der Waals surface area contributed by atoms with Crippen LogP contribution in [0.15, 0.2) is 47.4 Å². The van der Waals surface area contributed by atoms with Crippen LogP contribution in [-0.2, 0) is 27.9 Å². The lowest BCUT2D eigenvalue weighted by Gasteiger charge is -2.14. The minimum absolute atomic E-state index is 0.130. The minimum Gasteiger partial charge on any atom is -0.374 e. The fraction of sp³-hybridized carbons (Fsp3) is 0.368. The molecule has 0 fully saturated rings. The van der Waals surface area contributed by atoms with E-state index < -0.39 is 10.0 Å². The second-order valence-electron chi connectivity index (χ2n) is 6.22. The van der Waals surface area contributed by atoms with E-state index >= 15 is 0 Å². The van der Waals surface area contributed by atoms with E-state index in [-0.39, 0.29) is 12.6 Å². The molecule has 0 bridgehead atoms. The molecule has 0 atom stereocenters. The molecule has 0 saturated carbocycles. The molecule has 4 nitrogen and oxygen atoms in total. The molecule has 0 heterocycles. The summed E-state index contributed by atoms with van der Waals surface area (Å²) in [5.74, 6) is 0. The third kappa shape index (κ3) is 4.90. The maximum absolute atomic E-state index is 12.6. The fourth-order valence-electron chi connectivity index (χ4n) is 2.48. The van der Waals surface area contributed by atoms with E-state index in [0.29, 0.717) is 11.5 Å². The van der Waals surface area contributed by atoms with Crippen LogP contribution in [0.3, 0.4) is 0 Å². The Kier molecular flexibility index (Phi) is 6.15. The number of benzene rings is 2. The Morgan fingerprint density at radius 2 is 1.71 bits per heavy atom. The second kappa shape index (κ2) is 7.92. The third-order valence-corrected chi connectivity index (χ3v) is 5.32. The second-order valence-corrected chi connectivity index (χ2v) is 7.96. The van der Waals surface area contributed by atoms with Gasteiger partial charge in [0.15, 0.2) is 0 Å². The Hall–Kier alpha value is -1.69. The molecule has 0 aliphatic rings. The summed E-state index contributed by atoms with van der Waals surface area (Å²) in [4.78, 5) is 0.323. The van der Waals surface area contributed by atoms with Crippen LogP contribution in [0.25, 0.3) is 0 Å². The monoisotopic (exact) mass is 347 g/mol. The first kappa shape index (κ1) is 18.6. The Morgan fingerprint density at radius 3 is 2.33 bits per heavy atom. The Morgan fingerprint density at radius 1 is 1.04 bits per heavy atom. The van der Waals surface area contributed by atoms with Gasteiger partial charge < -0.3 is 4.74 Å². The van der Waals surface area contributed by atoms with E-state index in [9.17, 15) is 8.42 Å². The summed E-state index contributed by atoms with van der Waals surface area (Å²) in [5.41, 5.74) is 3.71. The lowest BCUT2D eigenvalue weighted by Crippen LogP contribution is -2.24. The van der Waals surface area contributed by atoms with Crippen LogP contribution in [0.4, 0.5) is 0 Å². The van der Waals surface area contributed by atoms with E-state index in [4.69, 9.17) is 4.74 Å². The van der Waals surface area contributed by atoms with Gasteiger partial charge in [-0.05, 0) is 50.5 Å². The fourth-order valence-corrected chi connectivity index (χ4v) is 3.71. The molecule has 0 aliphatic carbocycles. The van der Waals surface area contributed by atoms with Gasteiger partial charge in [-0.3, -0.25) is 0 Å². The lowest BCUT2D eigenvalue weighted by atomic mass is 10.1. The average molecular weight is 347 g/mol. The molecule has 0 spiro atoms. The number of hydrogen-bond donors (Lipinski definition) is 1. The molecular weight excluding hydrogens is 322 g/mol. The lowest BCUT2D eigenvalue weighted by molar-refractivity contribution is 0.0652. The maximum atomic E-state index is 12.6. The van der Waals surface area contributed by atoms with E-state index in [1.165, 1.54) is 0 Å². The number of sulfonamides is 1. The first-order valence-corrected chi connectivity index (χ1v) is 9.53. The normalized spacial score (nSPS) is 11.9. The van der Waals surface area contributed by atoms with Crippen LogP contribution >= 0.6 is 0 Å². The van der Waals surface area contributed by atoms with Gasteiger partial charge in [-0.25, -0.2) is 13.1 Å². The zero-order chi connectivity index (χ0) is 17.7. The molecule has 0 amide bonds. The molecule has 2 aromatic carbocycles. The van der Waals surface area contributed by atoms with Gasteiger partial charge in [-0.2, -0.15) is 0 Å².